The highest BCUT2D eigenvalue weighted by molar-refractivity contribution is 7.96. The summed E-state index contributed by atoms with van der Waals surface area (Å²) >= 11 is 3.49. The molecule has 46 valence electrons. The molecule has 1 amide bonds. The maximum atomic E-state index is 10.1. The van der Waals surface area contributed by atoms with Gasteiger partial charge in [0, 0.05) is 6.04 Å². The van der Waals surface area contributed by atoms with Gasteiger partial charge in [0.2, 0.25) is 0 Å². The quantitative estimate of drug-likeness (QED) is 0.428. The first-order valence-electron chi connectivity index (χ1n) is 2.29. The fourth-order valence-electron chi connectivity index (χ4n) is 0.254. The lowest BCUT2D eigenvalue weighted by molar-refractivity contribution is 0.260. The zero-order valence-corrected chi connectivity index (χ0v) is 5.61. The van der Waals surface area contributed by atoms with E-state index >= 15 is 0 Å². The van der Waals surface area contributed by atoms with Gasteiger partial charge in [-0.25, -0.2) is 0 Å². The van der Waals surface area contributed by atoms with Gasteiger partial charge in [-0.3, -0.25) is 4.79 Å². The molecule has 0 aromatic carbocycles. The van der Waals surface area contributed by atoms with E-state index in [1.165, 1.54) is 0 Å². The van der Waals surface area contributed by atoms with Crippen LogP contribution in [0.1, 0.15) is 6.92 Å². The van der Waals surface area contributed by atoms with Crippen LogP contribution in [0.15, 0.2) is 12.7 Å². The second-order valence-electron chi connectivity index (χ2n) is 1.47. The van der Waals surface area contributed by atoms with Crippen LogP contribution in [0, 0.1) is 0 Å². The predicted octanol–water partition coefficient (Wildman–Crippen LogP) is 1.20. The maximum Gasteiger partial charge on any atom is 0.276 e. The van der Waals surface area contributed by atoms with Crippen molar-refractivity contribution in [2.45, 2.75) is 13.0 Å². The summed E-state index contributed by atoms with van der Waals surface area (Å²) in [7, 11) is 0. The molecule has 0 saturated carbocycles. The Bertz CT molecular complexity index is 103. The number of hydrogen-bond acceptors (Lipinski definition) is 1. The van der Waals surface area contributed by atoms with Gasteiger partial charge in [0.15, 0.2) is 0 Å². The number of hydrogen-bond donors (Lipinski definition) is 2. The van der Waals surface area contributed by atoms with Crippen LogP contribution in [0.2, 0.25) is 0 Å². The minimum Gasteiger partial charge on any atom is -0.341 e. The lowest BCUT2D eigenvalue weighted by Gasteiger charge is -2.03. The van der Waals surface area contributed by atoms with Crippen LogP contribution in [0.4, 0.5) is 4.79 Å². The molecular weight excluding hydrogens is 122 g/mol. The van der Waals surface area contributed by atoms with Gasteiger partial charge in [-0.15, -0.1) is 6.58 Å². The van der Waals surface area contributed by atoms with Gasteiger partial charge >= 0.3 is 0 Å². The zero-order valence-electron chi connectivity index (χ0n) is 4.72. The Morgan fingerprint density at radius 1 is 2.00 bits per heavy atom. The standard InChI is InChI=1S/C5H9NOS/c1-3-4(2)6-5(7)8/h3-4H,1H2,2H3,(H2,6,7,8). The molecule has 0 fully saturated rings. The van der Waals surface area contributed by atoms with Crippen molar-refractivity contribution in [3.63, 3.8) is 0 Å². The summed E-state index contributed by atoms with van der Waals surface area (Å²) in [5.74, 6) is 0. The SMILES string of the molecule is C=CC(C)NC(=O)S. The minimum absolute atomic E-state index is 0.0139. The van der Waals surface area contributed by atoms with Gasteiger partial charge in [-0.1, -0.05) is 18.7 Å². The van der Waals surface area contributed by atoms with Crippen molar-refractivity contribution in [3.05, 3.63) is 12.7 Å². The first-order chi connectivity index (χ1) is 3.66. The first kappa shape index (κ1) is 7.56. The van der Waals surface area contributed by atoms with Crippen LogP contribution in [0.3, 0.4) is 0 Å². The summed E-state index contributed by atoms with van der Waals surface area (Å²) in [6.07, 6.45) is 1.63. The van der Waals surface area contributed by atoms with E-state index in [2.05, 4.69) is 24.5 Å². The predicted molar refractivity (Wildman–Crippen MR) is 37.2 cm³/mol. The number of amides is 1. The molecule has 8 heavy (non-hydrogen) atoms. The topological polar surface area (TPSA) is 29.1 Å². The number of nitrogens with one attached hydrogen (secondary N) is 1. The third-order valence-corrected chi connectivity index (χ3v) is 0.834. The molecule has 0 aromatic rings. The first-order valence-corrected chi connectivity index (χ1v) is 2.73. The maximum absolute atomic E-state index is 10.1. The summed E-state index contributed by atoms with van der Waals surface area (Å²) < 4.78 is 0. The molecule has 0 spiro atoms. The minimum atomic E-state index is -0.322. The van der Waals surface area contributed by atoms with Crippen molar-refractivity contribution < 1.29 is 4.79 Å². The molecule has 0 aliphatic heterocycles. The molecule has 0 saturated heterocycles. The normalized spacial score (nSPS) is 12.2. The third kappa shape index (κ3) is 3.74. The highest BCUT2D eigenvalue weighted by atomic mass is 32.1. The molecule has 2 nitrogen and oxygen atoms in total. The molecule has 0 aromatic heterocycles. The molecule has 0 bridgehead atoms. The molecule has 0 heterocycles. The fraction of sp³-hybridized carbons (Fsp3) is 0.400. The van der Waals surface area contributed by atoms with Crippen molar-refractivity contribution in [3.8, 4) is 0 Å². The van der Waals surface area contributed by atoms with E-state index in [1.54, 1.807) is 6.08 Å². The number of carbonyl (C=O) groups excluding carboxylic acids is 1. The monoisotopic (exact) mass is 131 g/mol. The average Bonchev–Trinajstić information content (AvgIpc) is 1.65. The molecule has 0 aliphatic rings. The second-order valence-corrected chi connectivity index (χ2v) is 1.88. The van der Waals surface area contributed by atoms with Gasteiger partial charge in [-0.2, -0.15) is 0 Å². The van der Waals surface area contributed by atoms with Crippen LogP contribution in [-0.2, 0) is 0 Å². The summed E-state index contributed by atoms with van der Waals surface area (Å²) in [6.45, 7) is 5.29. The van der Waals surface area contributed by atoms with Gasteiger partial charge < -0.3 is 5.32 Å². The zero-order chi connectivity index (χ0) is 6.57. The summed E-state index contributed by atoms with van der Waals surface area (Å²) in [5.41, 5.74) is 0. The molecule has 1 atom stereocenters. The highest BCUT2D eigenvalue weighted by Crippen LogP contribution is 1.83. The Labute approximate surface area is 54.4 Å². The van der Waals surface area contributed by atoms with Gasteiger partial charge in [0.05, 0.1) is 0 Å². The van der Waals surface area contributed by atoms with Crippen LogP contribution in [0.25, 0.3) is 0 Å². The molecular formula is C5H9NOS. The van der Waals surface area contributed by atoms with E-state index in [-0.39, 0.29) is 11.3 Å². The van der Waals surface area contributed by atoms with E-state index in [4.69, 9.17) is 0 Å². The van der Waals surface area contributed by atoms with Crippen LogP contribution in [-0.4, -0.2) is 11.3 Å². The van der Waals surface area contributed by atoms with Crippen molar-refractivity contribution in [1.82, 2.24) is 5.32 Å². The Balaban J connectivity index is 3.38. The average molecular weight is 131 g/mol. The van der Waals surface area contributed by atoms with E-state index in [1.807, 2.05) is 6.92 Å². The van der Waals surface area contributed by atoms with E-state index in [9.17, 15) is 4.79 Å². The third-order valence-electron chi connectivity index (χ3n) is 0.705. The smallest absolute Gasteiger partial charge is 0.276 e. The summed E-state index contributed by atoms with van der Waals surface area (Å²) in [5, 5.41) is 2.18. The van der Waals surface area contributed by atoms with Gasteiger partial charge in [-0.05, 0) is 6.92 Å². The molecule has 0 radical (unpaired) electrons. The molecule has 0 rings (SSSR count). The largest absolute Gasteiger partial charge is 0.341 e. The van der Waals surface area contributed by atoms with Gasteiger partial charge in [0.1, 0.15) is 0 Å². The number of rotatable bonds is 2. The van der Waals surface area contributed by atoms with E-state index in [0.29, 0.717) is 0 Å². The molecule has 1 unspecified atom stereocenters. The Morgan fingerprint density at radius 2 is 2.50 bits per heavy atom. The lowest BCUT2D eigenvalue weighted by atomic mass is 10.3. The number of carbonyl (C=O) groups is 1. The molecule has 0 aliphatic carbocycles. The van der Waals surface area contributed by atoms with E-state index < -0.39 is 0 Å². The summed E-state index contributed by atoms with van der Waals surface area (Å²) in [6, 6.07) is 0.0139. The van der Waals surface area contributed by atoms with Crippen molar-refractivity contribution >= 4 is 17.9 Å². The van der Waals surface area contributed by atoms with Crippen LogP contribution < -0.4 is 5.32 Å². The Kier molecular flexibility index (Phi) is 3.35. The summed E-state index contributed by atoms with van der Waals surface area (Å²) in [4.78, 5) is 10.1. The Morgan fingerprint density at radius 3 is 2.62 bits per heavy atom. The van der Waals surface area contributed by atoms with Crippen molar-refractivity contribution in [2.75, 3.05) is 0 Å². The lowest BCUT2D eigenvalue weighted by Crippen LogP contribution is -2.25. The van der Waals surface area contributed by atoms with Crippen molar-refractivity contribution in [2.24, 2.45) is 0 Å². The van der Waals surface area contributed by atoms with Crippen LogP contribution >= 0.6 is 12.6 Å². The fourth-order valence-corrected chi connectivity index (χ4v) is 0.457. The van der Waals surface area contributed by atoms with Gasteiger partial charge in [0.25, 0.3) is 5.24 Å². The van der Waals surface area contributed by atoms with Crippen molar-refractivity contribution in [1.29, 1.82) is 0 Å². The molecule has 3 heteroatoms. The molecule has 1 N–H and O–H groups in total. The highest BCUT2D eigenvalue weighted by Gasteiger charge is 1.94. The second kappa shape index (κ2) is 3.55. The number of thiol groups is 1. The van der Waals surface area contributed by atoms with E-state index in [0.717, 1.165) is 0 Å². The van der Waals surface area contributed by atoms with Crippen LogP contribution in [0.5, 0.6) is 0 Å². The Hall–Kier alpha value is -0.440.